The van der Waals surface area contributed by atoms with Crippen molar-refractivity contribution in [2.45, 2.75) is 45.8 Å². The first-order chi connectivity index (χ1) is 16.9. The lowest BCUT2D eigenvalue weighted by Crippen LogP contribution is -2.29. The van der Waals surface area contributed by atoms with Crippen molar-refractivity contribution in [1.82, 2.24) is 20.4 Å². The predicted molar refractivity (Wildman–Crippen MR) is 130 cm³/mol. The average molecular weight is 486 g/mol. The molecular formula is C25H32FN5O4. The molecule has 0 aliphatic carbocycles. The number of rotatable bonds is 9. The molecule has 1 atom stereocenters. The zero-order valence-electron chi connectivity index (χ0n) is 20.5. The number of ether oxygens (including phenoxy) is 2. The quantitative estimate of drug-likeness (QED) is 0.419. The van der Waals surface area contributed by atoms with Crippen LogP contribution >= 0.6 is 0 Å². The maximum Gasteiger partial charge on any atom is 0.165 e. The number of hydrogen-bond donors (Lipinski definition) is 3. The monoisotopic (exact) mass is 485 g/mol. The van der Waals surface area contributed by atoms with Crippen LogP contribution in [0.2, 0.25) is 0 Å². The van der Waals surface area contributed by atoms with Crippen LogP contribution in [0, 0.1) is 26.6 Å². The summed E-state index contributed by atoms with van der Waals surface area (Å²) in [5, 5.41) is 20.4. The Labute approximate surface area is 204 Å². The van der Waals surface area contributed by atoms with Crippen LogP contribution in [0.5, 0.6) is 5.75 Å². The summed E-state index contributed by atoms with van der Waals surface area (Å²) in [4.78, 5) is 9.65. The van der Waals surface area contributed by atoms with E-state index in [2.05, 4.69) is 15.8 Å². The van der Waals surface area contributed by atoms with E-state index < -0.39 is 11.9 Å². The minimum Gasteiger partial charge on any atom is -0.488 e. The van der Waals surface area contributed by atoms with E-state index in [1.165, 1.54) is 6.07 Å². The third kappa shape index (κ3) is 5.77. The van der Waals surface area contributed by atoms with Crippen LogP contribution in [0.4, 0.5) is 10.2 Å². The minimum absolute atomic E-state index is 0.0275. The van der Waals surface area contributed by atoms with Crippen molar-refractivity contribution in [3.63, 3.8) is 0 Å². The van der Waals surface area contributed by atoms with Gasteiger partial charge in [0.1, 0.15) is 24.3 Å². The number of aromatic nitrogens is 3. The molecule has 1 aromatic carbocycles. The molecule has 1 aliphatic rings. The second-order valence-electron chi connectivity index (χ2n) is 8.77. The van der Waals surface area contributed by atoms with Gasteiger partial charge < -0.3 is 29.7 Å². The Kier molecular flexibility index (Phi) is 7.94. The van der Waals surface area contributed by atoms with Crippen molar-refractivity contribution in [2.24, 2.45) is 0 Å². The van der Waals surface area contributed by atoms with Gasteiger partial charge in [0.05, 0.1) is 17.0 Å². The zero-order valence-corrected chi connectivity index (χ0v) is 20.5. The lowest BCUT2D eigenvalue weighted by atomic mass is 10.0. The molecule has 10 heteroatoms. The van der Waals surface area contributed by atoms with Crippen molar-refractivity contribution in [3.8, 4) is 28.4 Å². The lowest BCUT2D eigenvalue weighted by molar-refractivity contribution is 0.0904. The smallest absolute Gasteiger partial charge is 0.165 e. The Bertz CT molecular complexity index is 1140. The Morgan fingerprint density at radius 1 is 1.20 bits per heavy atom. The first-order valence-electron chi connectivity index (χ1n) is 11.8. The molecule has 35 heavy (non-hydrogen) atoms. The summed E-state index contributed by atoms with van der Waals surface area (Å²) in [6.45, 7) is 7.38. The van der Waals surface area contributed by atoms with E-state index in [1.54, 1.807) is 19.2 Å². The Hall–Kier alpha value is -3.08. The van der Waals surface area contributed by atoms with Gasteiger partial charge in [-0.15, -0.1) is 0 Å². The lowest BCUT2D eigenvalue weighted by Gasteiger charge is -2.25. The number of nitrogens with zero attached hydrogens (tertiary/aromatic N) is 3. The summed E-state index contributed by atoms with van der Waals surface area (Å²) in [5.41, 5.74) is 3.72. The first kappa shape index (κ1) is 25.0. The Morgan fingerprint density at radius 3 is 2.66 bits per heavy atom. The van der Waals surface area contributed by atoms with Crippen LogP contribution < -0.4 is 15.4 Å². The second kappa shape index (κ2) is 11.1. The number of benzene rings is 1. The van der Waals surface area contributed by atoms with Gasteiger partial charge in [0.2, 0.25) is 0 Å². The summed E-state index contributed by atoms with van der Waals surface area (Å²) in [7, 11) is 1.72. The molecule has 0 amide bonds. The second-order valence-corrected chi connectivity index (χ2v) is 8.77. The fourth-order valence-electron chi connectivity index (χ4n) is 4.12. The van der Waals surface area contributed by atoms with E-state index in [-0.39, 0.29) is 18.4 Å². The zero-order chi connectivity index (χ0) is 24.9. The SMILES string of the molecule is CNCC(O)COc1cc(-c2nc(NC3CCOCC3)c(C)c(-c3c(C)noc3C)n2)ccc1F. The normalized spacial score (nSPS) is 15.3. The summed E-state index contributed by atoms with van der Waals surface area (Å²) < 4.78 is 30.9. The third-order valence-electron chi connectivity index (χ3n) is 6.04. The molecule has 9 nitrogen and oxygen atoms in total. The van der Waals surface area contributed by atoms with Crippen LogP contribution in [-0.2, 0) is 4.74 Å². The summed E-state index contributed by atoms with van der Waals surface area (Å²) in [6, 6.07) is 4.72. The van der Waals surface area contributed by atoms with Gasteiger partial charge >= 0.3 is 0 Å². The molecule has 0 saturated carbocycles. The van der Waals surface area contributed by atoms with Gasteiger partial charge in [0.15, 0.2) is 17.4 Å². The maximum atomic E-state index is 14.5. The number of hydrogen-bond acceptors (Lipinski definition) is 9. The van der Waals surface area contributed by atoms with E-state index in [1.807, 2.05) is 20.8 Å². The third-order valence-corrected chi connectivity index (χ3v) is 6.04. The fraction of sp³-hybridized carbons (Fsp3) is 0.480. The molecule has 3 heterocycles. The number of aliphatic hydroxyl groups excluding tert-OH is 1. The molecule has 0 radical (unpaired) electrons. The van der Waals surface area contributed by atoms with Crippen LogP contribution in [0.25, 0.3) is 22.6 Å². The molecule has 3 N–H and O–H groups in total. The number of nitrogens with one attached hydrogen (secondary N) is 2. The van der Waals surface area contributed by atoms with Gasteiger partial charge in [-0.2, -0.15) is 0 Å². The highest BCUT2D eigenvalue weighted by molar-refractivity contribution is 5.74. The summed E-state index contributed by atoms with van der Waals surface area (Å²) in [6.07, 6.45) is 0.992. The van der Waals surface area contributed by atoms with Gasteiger partial charge in [0, 0.05) is 36.9 Å². The number of anilines is 1. The molecule has 1 saturated heterocycles. The van der Waals surface area contributed by atoms with Crippen molar-refractivity contribution in [2.75, 3.05) is 38.7 Å². The van der Waals surface area contributed by atoms with E-state index in [0.717, 1.165) is 29.7 Å². The Balaban J connectivity index is 1.74. The van der Waals surface area contributed by atoms with Gasteiger partial charge in [-0.3, -0.25) is 0 Å². The van der Waals surface area contributed by atoms with Crippen LogP contribution in [-0.4, -0.2) is 65.8 Å². The largest absolute Gasteiger partial charge is 0.488 e. The van der Waals surface area contributed by atoms with Crippen molar-refractivity contribution in [1.29, 1.82) is 0 Å². The number of likely N-dealkylation sites (N-methyl/N-ethyl adjacent to an activating group) is 1. The van der Waals surface area contributed by atoms with Crippen molar-refractivity contribution < 1.29 is 23.5 Å². The van der Waals surface area contributed by atoms with Gasteiger partial charge in [-0.1, -0.05) is 5.16 Å². The molecule has 188 valence electrons. The summed E-state index contributed by atoms with van der Waals surface area (Å²) >= 11 is 0. The number of aryl methyl sites for hydroxylation is 2. The number of aliphatic hydroxyl groups is 1. The molecule has 0 spiro atoms. The standard InChI is InChI=1S/C25H32FN5O4/c1-14-23(22-15(2)31-35-16(22)3)29-25(30-24(14)28-18-7-9-33-10-8-18)17-5-6-20(26)21(11-17)34-13-19(32)12-27-4/h5-6,11,18-19,27,32H,7-10,12-13H2,1-4H3,(H,28,29,30). The average Bonchev–Trinajstić information content (AvgIpc) is 3.18. The predicted octanol–water partition coefficient (Wildman–Crippen LogP) is 3.41. The molecule has 1 aliphatic heterocycles. The van der Waals surface area contributed by atoms with Crippen molar-refractivity contribution >= 4 is 5.82 Å². The van der Waals surface area contributed by atoms with E-state index >= 15 is 0 Å². The van der Waals surface area contributed by atoms with Crippen LogP contribution in [0.3, 0.4) is 0 Å². The molecule has 1 fully saturated rings. The van der Waals surface area contributed by atoms with E-state index in [4.69, 9.17) is 24.0 Å². The van der Waals surface area contributed by atoms with Gasteiger partial charge in [-0.05, 0) is 58.9 Å². The van der Waals surface area contributed by atoms with E-state index in [0.29, 0.717) is 48.4 Å². The molecule has 3 aromatic rings. The first-order valence-corrected chi connectivity index (χ1v) is 11.8. The maximum absolute atomic E-state index is 14.5. The fourth-order valence-corrected chi connectivity index (χ4v) is 4.12. The Morgan fingerprint density at radius 2 is 1.97 bits per heavy atom. The van der Waals surface area contributed by atoms with Gasteiger partial charge in [0.25, 0.3) is 0 Å². The van der Waals surface area contributed by atoms with Crippen LogP contribution in [0.1, 0.15) is 29.9 Å². The number of halogens is 1. The summed E-state index contributed by atoms with van der Waals surface area (Å²) in [5.74, 6) is 1.28. The molecular weight excluding hydrogens is 453 g/mol. The molecule has 1 unspecified atom stereocenters. The molecule has 2 aromatic heterocycles. The molecule has 4 rings (SSSR count). The highest BCUT2D eigenvalue weighted by atomic mass is 19.1. The topological polar surface area (TPSA) is 115 Å². The van der Waals surface area contributed by atoms with Gasteiger partial charge in [-0.25, -0.2) is 14.4 Å². The highest BCUT2D eigenvalue weighted by Crippen LogP contribution is 2.34. The molecule has 0 bridgehead atoms. The van der Waals surface area contributed by atoms with Crippen molar-refractivity contribution in [3.05, 3.63) is 41.0 Å². The van der Waals surface area contributed by atoms with E-state index in [9.17, 15) is 9.50 Å². The highest BCUT2D eigenvalue weighted by Gasteiger charge is 2.23. The van der Waals surface area contributed by atoms with Crippen LogP contribution in [0.15, 0.2) is 22.7 Å². The minimum atomic E-state index is -0.764.